The molecule has 0 N–H and O–H groups in total. The second-order valence-electron chi connectivity index (χ2n) is 5.25. The minimum atomic E-state index is -0.0220. The summed E-state index contributed by atoms with van der Waals surface area (Å²) in [6, 6.07) is 10.0. The van der Waals surface area contributed by atoms with Gasteiger partial charge in [-0.25, -0.2) is 0 Å². The molecule has 0 saturated carbocycles. The van der Waals surface area contributed by atoms with Crippen LogP contribution in [0.15, 0.2) is 24.3 Å². The van der Waals surface area contributed by atoms with Crippen LogP contribution in [0.5, 0.6) is 0 Å². The van der Waals surface area contributed by atoms with Crippen LogP contribution in [0, 0.1) is 18.3 Å². The van der Waals surface area contributed by atoms with Crippen LogP contribution in [-0.2, 0) is 0 Å². The van der Waals surface area contributed by atoms with Crippen LogP contribution in [0.1, 0.15) is 29.3 Å². The molecule has 0 radical (unpaired) electrons. The van der Waals surface area contributed by atoms with E-state index in [0.717, 1.165) is 30.6 Å². The van der Waals surface area contributed by atoms with Crippen LogP contribution < -0.4 is 0 Å². The van der Waals surface area contributed by atoms with Gasteiger partial charge in [0.15, 0.2) is 0 Å². The molecule has 0 spiro atoms. The van der Waals surface area contributed by atoms with Crippen LogP contribution in [-0.4, -0.2) is 47.9 Å². The molecule has 20 heavy (non-hydrogen) atoms. The summed E-state index contributed by atoms with van der Waals surface area (Å²) in [6.07, 6.45) is 0.836. The van der Waals surface area contributed by atoms with Crippen molar-refractivity contribution in [3.05, 3.63) is 35.4 Å². The average molecular weight is 271 g/mol. The number of benzene rings is 1. The van der Waals surface area contributed by atoms with E-state index in [1.165, 1.54) is 0 Å². The van der Waals surface area contributed by atoms with Crippen LogP contribution in [0.25, 0.3) is 0 Å². The van der Waals surface area contributed by atoms with Crippen molar-refractivity contribution in [2.75, 3.05) is 26.2 Å². The molecule has 1 aliphatic heterocycles. The topological polar surface area (TPSA) is 47.3 Å². The normalized spacial score (nSPS) is 17.6. The van der Waals surface area contributed by atoms with Crippen LogP contribution in [0.2, 0.25) is 0 Å². The smallest absolute Gasteiger partial charge is 0.253 e. The number of hydrogen-bond donors (Lipinski definition) is 0. The molecular formula is C16H21N3O. The maximum absolute atomic E-state index is 12.4. The van der Waals surface area contributed by atoms with Gasteiger partial charge in [-0.15, -0.1) is 0 Å². The third-order valence-corrected chi connectivity index (χ3v) is 3.84. The van der Waals surface area contributed by atoms with Crippen LogP contribution in [0.3, 0.4) is 0 Å². The second-order valence-corrected chi connectivity index (χ2v) is 5.25. The van der Waals surface area contributed by atoms with Gasteiger partial charge in [0, 0.05) is 31.7 Å². The van der Waals surface area contributed by atoms with Crippen molar-refractivity contribution >= 4 is 5.91 Å². The highest BCUT2D eigenvalue weighted by molar-refractivity contribution is 5.94. The quantitative estimate of drug-likeness (QED) is 0.845. The number of amides is 1. The fourth-order valence-corrected chi connectivity index (χ4v) is 2.63. The van der Waals surface area contributed by atoms with Crippen molar-refractivity contribution in [2.45, 2.75) is 26.3 Å². The highest BCUT2D eigenvalue weighted by Gasteiger charge is 2.25. The van der Waals surface area contributed by atoms with E-state index in [0.29, 0.717) is 13.1 Å². The summed E-state index contributed by atoms with van der Waals surface area (Å²) < 4.78 is 0. The second kappa shape index (κ2) is 6.53. The van der Waals surface area contributed by atoms with E-state index in [1.807, 2.05) is 43.0 Å². The lowest BCUT2D eigenvalue weighted by Gasteiger charge is -2.36. The molecule has 1 aromatic carbocycles. The van der Waals surface area contributed by atoms with E-state index in [4.69, 9.17) is 5.26 Å². The first-order valence-corrected chi connectivity index (χ1v) is 7.15. The maximum Gasteiger partial charge on any atom is 0.253 e. The molecule has 0 aliphatic carbocycles. The fraction of sp³-hybridized carbons (Fsp3) is 0.500. The van der Waals surface area contributed by atoms with Gasteiger partial charge in [0.1, 0.15) is 0 Å². The predicted octanol–water partition coefficient (Wildman–Crippen LogP) is 2.06. The van der Waals surface area contributed by atoms with Crippen LogP contribution in [0.4, 0.5) is 0 Å². The number of carbonyl (C=O) groups excluding carboxylic acids is 1. The van der Waals surface area contributed by atoms with Gasteiger partial charge in [0.25, 0.3) is 5.91 Å². The number of piperazine rings is 1. The summed E-state index contributed by atoms with van der Waals surface area (Å²) in [5.41, 5.74) is 1.86. The predicted molar refractivity (Wildman–Crippen MR) is 78.3 cm³/mol. The minimum absolute atomic E-state index is 0.0220. The first-order valence-electron chi connectivity index (χ1n) is 7.15. The van der Waals surface area contributed by atoms with Gasteiger partial charge in [0.05, 0.1) is 12.1 Å². The number of aryl methyl sites for hydroxylation is 1. The zero-order valence-corrected chi connectivity index (χ0v) is 12.2. The molecule has 1 unspecified atom stereocenters. The minimum Gasteiger partial charge on any atom is -0.336 e. The van der Waals surface area contributed by atoms with E-state index in [-0.39, 0.29) is 11.9 Å². The van der Waals surface area contributed by atoms with Crippen molar-refractivity contribution in [2.24, 2.45) is 0 Å². The summed E-state index contributed by atoms with van der Waals surface area (Å²) in [6.45, 7) is 6.98. The summed E-state index contributed by atoms with van der Waals surface area (Å²) in [4.78, 5) is 16.5. The zero-order chi connectivity index (χ0) is 14.5. The molecule has 1 aromatic rings. The SMILES string of the molecule is CCC(C#N)N1CCN(C(=O)c2cccc(C)c2)CC1. The Bertz CT molecular complexity index is 513. The Labute approximate surface area is 120 Å². The number of hydrogen-bond acceptors (Lipinski definition) is 3. The van der Waals surface area contributed by atoms with Gasteiger partial charge in [-0.05, 0) is 25.5 Å². The van der Waals surface area contributed by atoms with Crippen molar-refractivity contribution in [3.8, 4) is 6.07 Å². The molecule has 1 amide bonds. The average Bonchev–Trinajstić information content (AvgIpc) is 2.48. The van der Waals surface area contributed by atoms with Crippen molar-refractivity contribution in [1.29, 1.82) is 5.26 Å². The van der Waals surface area contributed by atoms with Crippen molar-refractivity contribution < 1.29 is 4.79 Å². The summed E-state index contributed by atoms with van der Waals surface area (Å²) >= 11 is 0. The lowest BCUT2D eigenvalue weighted by Crippen LogP contribution is -2.51. The van der Waals surface area contributed by atoms with Crippen LogP contribution >= 0.6 is 0 Å². The van der Waals surface area contributed by atoms with E-state index in [9.17, 15) is 4.79 Å². The third-order valence-electron chi connectivity index (χ3n) is 3.84. The van der Waals surface area contributed by atoms with E-state index < -0.39 is 0 Å². The lowest BCUT2D eigenvalue weighted by atomic mass is 10.1. The monoisotopic (exact) mass is 271 g/mol. The molecular weight excluding hydrogens is 250 g/mol. The number of carbonyl (C=O) groups is 1. The summed E-state index contributed by atoms with van der Waals surface area (Å²) in [5, 5.41) is 9.09. The number of nitriles is 1. The Kier molecular flexibility index (Phi) is 4.75. The molecule has 1 atom stereocenters. The molecule has 1 fully saturated rings. The van der Waals surface area contributed by atoms with Crippen molar-refractivity contribution in [1.82, 2.24) is 9.80 Å². The van der Waals surface area contributed by atoms with Gasteiger partial charge >= 0.3 is 0 Å². The van der Waals surface area contributed by atoms with Gasteiger partial charge in [-0.3, -0.25) is 9.69 Å². The molecule has 4 nitrogen and oxygen atoms in total. The maximum atomic E-state index is 12.4. The summed E-state index contributed by atoms with van der Waals surface area (Å²) in [7, 11) is 0. The first-order chi connectivity index (χ1) is 9.65. The van der Waals surface area contributed by atoms with Gasteiger partial charge in [-0.1, -0.05) is 24.6 Å². The standard InChI is InChI=1S/C16H21N3O/c1-3-15(12-17)18-7-9-19(10-8-18)16(20)14-6-4-5-13(2)11-14/h4-6,11,15H,3,7-10H2,1-2H3. The summed E-state index contributed by atoms with van der Waals surface area (Å²) in [5.74, 6) is 0.0957. The molecule has 0 aromatic heterocycles. The Morgan fingerprint density at radius 1 is 1.35 bits per heavy atom. The molecule has 106 valence electrons. The Morgan fingerprint density at radius 2 is 2.05 bits per heavy atom. The Morgan fingerprint density at radius 3 is 2.60 bits per heavy atom. The zero-order valence-electron chi connectivity index (χ0n) is 12.2. The van der Waals surface area contributed by atoms with Crippen molar-refractivity contribution in [3.63, 3.8) is 0 Å². The third kappa shape index (κ3) is 3.17. The fourth-order valence-electron chi connectivity index (χ4n) is 2.63. The highest BCUT2D eigenvalue weighted by atomic mass is 16.2. The van der Waals surface area contributed by atoms with Gasteiger partial charge < -0.3 is 4.90 Å². The van der Waals surface area contributed by atoms with Gasteiger partial charge in [0.2, 0.25) is 0 Å². The Hall–Kier alpha value is -1.86. The largest absolute Gasteiger partial charge is 0.336 e. The highest BCUT2D eigenvalue weighted by Crippen LogP contribution is 2.13. The van der Waals surface area contributed by atoms with E-state index >= 15 is 0 Å². The number of rotatable bonds is 3. The molecule has 4 heteroatoms. The first kappa shape index (κ1) is 14.5. The van der Waals surface area contributed by atoms with E-state index in [1.54, 1.807) is 0 Å². The molecule has 1 heterocycles. The number of nitrogens with zero attached hydrogens (tertiary/aromatic N) is 3. The molecule has 1 aliphatic rings. The molecule has 2 rings (SSSR count). The molecule has 0 bridgehead atoms. The van der Waals surface area contributed by atoms with E-state index in [2.05, 4.69) is 11.0 Å². The lowest BCUT2D eigenvalue weighted by molar-refractivity contribution is 0.0604. The Balaban J connectivity index is 1.97. The molecule has 1 saturated heterocycles. The van der Waals surface area contributed by atoms with Gasteiger partial charge in [-0.2, -0.15) is 5.26 Å².